The van der Waals surface area contributed by atoms with Crippen molar-refractivity contribution in [1.29, 1.82) is 0 Å². The molecule has 0 amide bonds. The van der Waals surface area contributed by atoms with Gasteiger partial charge >= 0.3 is 11.9 Å². The van der Waals surface area contributed by atoms with Gasteiger partial charge in [-0.15, -0.1) is 0 Å². The van der Waals surface area contributed by atoms with Crippen molar-refractivity contribution in [2.75, 3.05) is 7.11 Å². The molecular weight excluding hydrogens is 534 g/mol. The van der Waals surface area contributed by atoms with Crippen LogP contribution in [0.5, 0.6) is 0 Å². The standard InChI is InChI=1S/C38H43NO4/c1-28(30-20-12-7-13-21-30)39(27-29-18-10-6-11-19-29)36(32-24-16-9-17-25-32)35(37(41)43-38(2,3)4)33(26-34(40)42-5)31-22-14-8-15-23-31/h6-25,28,33,35-36H,26-27H2,1-5H3/t28-,33+,35-,36-/m0/s1. The fourth-order valence-electron chi connectivity index (χ4n) is 5.75. The summed E-state index contributed by atoms with van der Waals surface area (Å²) in [6, 6.07) is 40.0. The van der Waals surface area contributed by atoms with Crippen LogP contribution in [0.1, 0.15) is 74.4 Å². The summed E-state index contributed by atoms with van der Waals surface area (Å²) in [5.74, 6) is -1.97. The Morgan fingerprint density at radius 2 is 1.16 bits per heavy atom. The number of nitrogens with zero attached hydrogens (tertiary/aromatic N) is 1. The smallest absolute Gasteiger partial charge is 0.312 e. The molecule has 43 heavy (non-hydrogen) atoms. The van der Waals surface area contributed by atoms with Gasteiger partial charge in [-0.1, -0.05) is 121 Å². The molecule has 4 atom stereocenters. The number of rotatable bonds is 12. The fraction of sp³-hybridized carbons (Fsp3) is 0.316. The number of methoxy groups -OCH3 is 1. The molecule has 4 rings (SSSR count). The first-order valence-electron chi connectivity index (χ1n) is 14.9. The highest BCUT2D eigenvalue weighted by Gasteiger charge is 2.44. The summed E-state index contributed by atoms with van der Waals surface area (Å²) in [4.78, 5) is 29.9. The molecule has 5 nitrogen and oxygen atoms in total. The van der Waals surface area contributed by atoms with E-state index in [1.165, 1.54) is 7.11 Å². The normalized spacial score (nSPS) is 14.4. The number of carbonyl (C=O) groups excluding carboxylic acids is 2. The molecular formula is C38H43NO4. The van der Waals surface area contributed by atoms with E-state index in [2.05, 4.69) is 48.2 Å². The molecule has 4 aromatic carbocycles. The maximum absolute atomic E-state index is 14.6. The SMILES string of the molecule is COC(=O)C[C@H](c1ccccc1)[C@H](C(=O)OC(C)(C)C)[C@H](c1ccccc1)N(Cc1ccccc1)[C@@H](C)c1ccccc1. The third-order valence-electron chi connectivity index (χ3n) is 7.78. The average molecular weight is 578 g/mol. The molecule has 0 unspecified atom stereocenters. The number of esters is 2. The van der Waals surface area contributed by atoms with Crippen LogP contribution in [0.3, 0.4) is 0 Å². The summed E-state index contributed by atoms with van der Waals surface area (Å²) in [5, 5.41) is 0. The van der Waals surface area contributed by atoms with E-state index in [0.717, 1.165) is 22.3 Å². The van der Waals surface area contributed by atoms with Crippen LogP contribution in [0.15, 0.2) is 121 Å². The van der Waals surface area contributed by atoms with Gasteiger partial charge in [0.2, 0.25) is 0 Å². The first-order chi connectivity index (χ1) is 20.7. The van der Waals surface area contributed by atoms with Crippen molar-refractivity contribution in [3.05, 3.63) is 144 Å². The highest BCUT2D eigenvalue weighted by molar-refractivity contribution is 5.78. The third kappa shape index (κ3) is 8.65. The highest BCUT2D eigenvalue weighted by Crippen LogP contribution is 2.45. The van der Waals surface area contributed by atoms with Crippen molar-refractivity contribution >= 4 is 11.9 Å². The number of ether oxygens (including phenoxy) is 2. The lowest BCUT2D eigenvalue weighted by molar-refractivity contribution is -0.165. The van der Waals surface area contributed by atoms with Crippen molar-refractivity contribution in [1.82, 2.24) is 4.90 Å². The van der Waals surface area contributed by atoms with Gasteiger partial charge < -0.3 is 9.47 Å². The number of hydrogen-bond acceptors (Lipinski definition) is 5. The summed E-state index contributed by atoms with van der Waals surface area (Å²) >= 11 is 0. The second-order valence-electron chi connectivity index (χ2n) is 12.0. The second-order valence-corrected chi connectivity index (χ2v) is 12.0. The Labute approximate surface area is 256 Å². The lowest BCUT2D eigenvalue weighted by Crippen LogP contribution is -2.43. The Morgan fingerprint density at radius 1 is 0.698 bits per heavy atom. The minimum atomic E-state index is -0.738. The monoisotopic (exact) mass is 577 g/mol. The van der Waals surface area contributed by atoms with E-state index in [9.17, 15) is 9.59 Å². The zero-order chi connectivity index (χ0) is 30.8. The zero-order valence-corrected chi connectivity index (χ0v) is 25.9. The molecule has 0 spiro atoms. The van der Waals surface area contributed by atoms with Gasteiger partial charge in [0, 0.05) is 24.5 Å². The van der Waals surface area contributed by atoms with Crippen molar-refractivity contribution < 1.29 is 19.1 Å². The first kappa shape index (κ1) is 31.7. The summed E-state index contributed by atoms with van der Waals surface area (Å²) in [6.07, 6.45) is 0.0344. The molecule has 0 heterocycles. The van der Waals surface area contributed by atoms with Crippen LogP contribution in [0.4, 0.5) is 0 Å². The summed E-state index contributed by atoms with van der Waals surface area (Å²) < 4.78 is 11.4. The topological polar surface area (TPSA) is 55.8 Å². The van der Waals surface area contributed by atoms with E-state index in [-0.39, 0.29) is 24.4 Å². The van der Waals surface area contributed by atoms with E-state index in [0.29, 0.717) is 6.54 Å². The van der Waals surface area contributed by atoms with Crippen LogP contribution in [0, 0.1) is 5.92 Å². The maximum Gasteiger partial charge on any atom is 0.312 e. The molecule has 0 aliphatic carbocycles. The van der Waals surface area contributed by atoms with Crippen molar-refractivity contribution in [3.8, 4) is 0 Å². The first-order valence-corrected chi connectivity index (χ1v) is 14.9. The molecule has 0 saturated heterocycles. The minimum absolute atomic E-state index is 0.0344. The Bertz CT molecular complexity index is 1420. The molecule has 0 bridgehead atoms. The van der Waals surface area contributed by atoms with E-state index in [1.807, 2.05) is 106 Å². The predicted octanol–water partition coefficient (Wildman–Crippen LogP) is 8.30. The molecule has 0 aromatic heterocycles. The van der Waals surface area contributed by atoms with Gasteiger partial charge in [-0.3, -0.25) is 14.5 Å². The Balaban J connectivity index is 1.98. The van der Waals surface area contributed by atoms with Gasteiger partial charge in [0.15, 0.2) is 0 Å². The fourth-order valence-corrected chi connectivity index (χ4v) is 5.75. The van der Waals surface area contributed by atoms with E-state index in [4.69, 9.17) is 9.47 Å². The molecule has 0 saturated carbocycles. The molecule has 224 valence electrons. The summed E-state index contributed by atoms with van der Waals surface area (Å²) in [7, 11) is 1.39. The number of benzene rings is 4. The highest BCUT2D eigenvalue weighted by atomic mass is 16.6. The predicted molar refractivity (Wildman–Crippen MR) is 171 cm³/mol. The zero-order valence-electron chi connectivity index (χ0n) is 25.9. The summed E-state index contributed by atoms with van der Waals surface area (Å²) in [5.41, 5.74) is 3.39. The maximum atomic E-state index is 14.6. The molecule has 0 aliphatic rings. The van der Waals surface area contributed by atoms with Crippen molar-refractivity contribution in [2.45, 2.75) is 64.3 Å². The lowest BCUT2D eigenvalue weighted by Gasteiger charge is -2.43. The van der Waals surface area contributed by atoms with Gasteiger partial charge in [0.25, 0.3) is 0 Å². The largest absolute Gasteiger partial charge is 0.469 e. The van der Waals surface area contributed by atoms with Gasteiger partial charge in [-0.05, 0) is 49.9 Å². The molecule has 4 aromatic rings. The third-order valence-corrected chi connectivity index (χ3v) is 7.78. The van der Waals surface area contributed by atoms with Crippen LogP contribution in [0.2, 0.25) is 0 Å². The number of carbonyl (C=O) groups is 2. The minimum Gasteiger partial charge on any atom is -0.469 e. The van der Waals surface area contributed by atoms with Crippen LogP contribution in [-0.4, -0.2) is 29.5 Å². The van der Waals surface area contributed by atoms with E-state index < -0.39 is 23.5 Å². The van der Waals surface area contributed by atoms with Crippen molar-refractivity contribution in [2.24, 2.45) is 5.92 Å². The van der Waals surface area contributed by atoms with Gasteiger partial charge in [-0.2, -0.15) is 0 Å². The number of hydrogen-bond donors (Lipinski definition) is 0. The van der Waals surface area contributed by atoms with Crippen LogP contribution < -0.4 is 0 Å². The Kier molecular flexibility index (Phi) is 10.9. The van der Waals surface area contributed by atoms with Gasteiger partial charge in [0.1, 0.15) is 5.60 Å². The van der Waals surface area contributed by atoms with Crippen LogP contribution >= 0.6 is 0 Å². The molecule has 0 radical (unpaired) electrons. The lowest BCUT2D eigenvalue weighted by atomic mass is 9.75. The quantitative estimate of drug-likeness (QED) is 0.159. The molecule has 0 aliphatic heterocycles. The van der Waals surface area contributed by atoms with E-state index in [1.54, 1.807) is 0 Å². The Hall–Kier alpha value is -4.22. The van der Waals surface area contributed by atoms with E-state index >= 15 is 0 Å². The molecule has 5 heteroatoms. The van der Waals surface area contributed by atoms with Crippen molar-refractivity contribution in [3.63, 3.8) is 0 Å². The Morgan fingerprint density at radius 3 is 1.65 bits per heavy atom. The summed E-state index contributed by atoms with van der Waals surface area (Å²) in [6.45, 7) is 8.40. The molecule has 0 N–H and O–H groups in total. The van der Waals surface area contributed by atoms with Crippen LogP contribution in [0.25, 0.3) is 0 Å². The van der Waals surface area contributed by atoms with Crippen LogP contribution in [-0.2, 0) is 25.6 Å². The second kappa shape index (κ2) is 14.8. The molecule has 0 fully saturated rings. The average Bonchev–Trinajstić information content (AvgIpc) is 3.02. The van der Waals surface area contributed by atoms with Gasteiger partial charge in [0.05, 0.1) is 19.4 Å². The van der Waals surface area contributed by atoms with Gasteiger partial charge in [-0.25, -0.2) is 0 Å².